The van der Waals surface area contributed by atoms with Gasteiger partial charge >= 0.3 is 5.97 Å². The number of anilines is 1. The number of sulfonamides is 1. The molecule has 0 saturated carbocycles. The fourth-order valence-electron chi connectivity index (χ4n) is 2.12. The molecule has 0 bridgehead atoms. The number of para-hydroxylation sites is 1. The molecule has 2 N–H and O–H groups in total. The van der Waals surface area contributed by atoms with E-state index in [0.29, 0.717) is 16.8 Å². The molecule has 2 rings (SSSR count). The summed E-state index contributed by atoms with van der Waals surface area (Å²) in [4.78, 5) is 11.0. The third kappa shape index (κ3) is 3.88. The predicted octanol–water partition coefficient (Wildman–Crippen LogP) is 2.64. The molecular weight excluding hydrogens is 318 g/mol. The largest absolute Gasteiger partial charge is 0.478 e. The van der Waals surface area contributed by atoms with Gasteiger partial charge in [-0.05, 0) is 30.7 Å². The summed E-state index contributed by atoms with van der Waals surface area (Å²) in [5, 5.41) is 9.04. The number of rotatable bonds is 6. The fraction of sp³-hybridized carbons (Fsp3) is 0.188. The Morgan fingerprint density at radius 1 is 1.22 bits per heavy atom. The van der Waals surface area contributed by atoms with E-state index in [0.717, 1.165) is 6.07 Å². The first-order valence-corrected chi connectivity index (χ1v) is 8.27. The van der Waals surface area contributed by atoms with E-state index in [1.165, 1.54) is 19.2 Å². The minimum atomic E-state index is -3.91. The number of carbonyl (C=O) groups is 1. The number of hydrogen-bond acceptors (Lipinski definition) is 4. The topological polar surface area (TPSA) is 92.7 Å². The van der Waals surface area contributed by atoms with E-state index in [4.69, 9.17) is 9.84 Å². The first kappa shape index (κ1) is 17.0. The normalized spacial score (nSPS) is 11.2. The Balaban J connectivity index is 2.44. The highest BCUT2D eigenvalue weighted by atomic mass is 32.2. The third-order valence-electron chi connectivity index (χ3n) is 3.29. The molecular formula is C16H17NO5S. The number of benzene rings is 2. The average molecular weight is 335 g/mol. The van der Waals surface area contributed by atoms with Crippen LogP contribution in [0.15, 0.2) is 47.4 Å². The predicted molar refractivity (Wildman–Crippen MR) is 86.1 cm³/mol. The minimum absolute atomic E-state index is 0.0652. The van der Waals surface area contributed by atoms with E-state index in [9.17, 15) is 13.2 Å². The van der Waals surface area contributed by atoms with Crippen LogP contribution >= 0.6 is 0 Å². The highest BCUT2D eigenvalue weighted by Gasteiger charge is 2.20. The van der Waals surface area contributed by atoms with Crippen LogP contribution in [0.25, 0.3) is 0 Å². The Kier molecular flexibility index (Phi) is 5.02. The first-order chi connectivity index (χ1) is 10.8. The summed E-state index contributed by atoms with van der Waals surface area (Å²) in [6.45, 7) is 1.87. The molecule has 2 aromatic rings. The molecule has 7 heteroatoms. The van der Waals surface area contributed by atoms with Gasteiger partial charge in [0.2, 0.25) is 0 Å². The van der Waals surface area contributed by atoms with Crippen LogP contribution in [-0.4, -0.2) is 26.6 Å². The molecule has 6 nitrogen and oxygen atoms in total. The lowest BCUT2D eigenvalue weighted by Gasteiger charge is -2.14. The maximum atomic E-state index is 12.6. The second-order valence-electron chi connectivity index (χ2n) is 4.98. The molecule has 0 amide bonds. The molecule has 0 aliphatic heterocycles. The molecule has 0 aliphatic rings. The summed E-state index contributed by atoms with van der Waals surface area (Å²) in [6.07, 6.45) is 0. The molecule has 0 radical (unpaired) electrons. The van der Waals surface area contributed by atoms with Gasteiger partial charge in [0.05, 0.1) is 22.8 Å². The van der Waals surface area contributed by atoms with Crippen LogP contribution in [0.5, 0.6) is 0 Å². The summed E-state index contributed by atoms with van der Waals surface area (Å²) in [7, 11) is -2.39. The standard InChI is InChI=1S/C16H17NO5S/c1-11-7-8-12(16(18)19)9-15(11)23(20,21)17-14-6-4-3-5-13(14)10-22-2/h3-9,17H,10H2,1-2H3,(H,18,19). The van der Waals surface area contributed by atoms with Gasteiger partial charge in [-0.25, -0.2) is 13.2 Å². The lowest BCUT2D eigenvalue weighted by atomic mass is 10.1. The van der Waals surface area contributed by atoms with Crippen molar-refractivity contribution in [1.29, 1.82) is 0 Å². The smallest absolute Gasteiger partial charge is 0.335 e. The molecule has 0 aromatic heterocycles. The first-order valence-electron chi connectivity index (χ1n) is 6.79. The summed E-state index contributed by atoms with van der Waals surface area (Å²) in [5.41, 5.74) is 1.47. The maximum absolute atomic E-state index is 12.6. The lowest BCUT2D eigenvalue weighted by molar-refractivity contribution is 0.0696. The molecule has 0 spiro atoms. The van der Waals surface area contributed by atoms with Crippen LogP contribution in [-0.2, 0) is 21.4 Å². The van der Waals surface area contributed by atoms with Crippen LogP contribution in [0.4, 0.5) is 5.69 Å². The molecule has 122 valence electrons. The monoisotopic (exact) mass is 335 g/mol. The molecule has 0 fully saturated rings. The number of hydrogen-bond donors (Lipinski definition) is 2. The number of aromatic carboxylic acids is 1. The van der Waals surface area contributed by atoms with Gasteiger partial charge in [0, 0.05) is 12.7 Å². The SMILES string of the molecule is COCc1ccccc1NS(=O)(=O)c1cc(C(=O)O)ccc1C. The summed E-state index contributed by atoms with van der Waals surface area (Å²) in [6, 6.07) is 10.9. The zero-order valence-corrected chi connectivity index (χ0v) is 13.6. The molecule has 0 unspecified atom stereocenters. The van der Waals surface area contributed by atoms with Crippen molar-refractivity contribution in [2.45, 2.75) is 18.4 Å². The second kappa shape index (κ2) is 6.80. The number of ether oxygens (including phenoxy) is 1. The van der Waals surface area contributed by atoms with Crippen molar-refractivity contribution in [2.75, 3.05) is 11.8 Å². The van der Waals surface area contributed by atoms with Crippen molar-refractivity contribution in [3.8, 4) is 0 Å². The van der Waals surface area contributed by atoms with Gasteiger partial charge in [0.25, 0.3) is 10.0 Å². The maximum Gasteiger partial charge on any atom is 0.335 e. The summed E-state index contributed by atoms with van der Waals surface area (Å²) in [5.74, 6) is -1.18. The van der Waals surface area contributed by atoms with Crippen molar-refractivity contribution in [3.63, 3.8) is 0 Å². The van der Waals surface area contributed by atoms with Crippen molar-refractivity contribution in [3.05, 3.63) is 59.2 Å². The van der Waals surface area contributed by atoms with Crippen molar-refractivity contribution in [2.24, 2.45) is 0 Å². The Morgan fingerprint density at radius 2 is 1.91 bits per heavy atom. The van der Waals surface area contributed by atoms with E-state index >= 15 is 0 Å². The molecule has 0 saturated heterocycles. The molecule has 0 atom stereocenters. The van der Waals surface area contributed by atoms with Gasteiger partial charge in [-0.2, -0.15) is 0 Å². The zero-order valence-electron chi connectivity index (χ0n) is 12.7. The van der Waals surface area contributed by atoms with Crippen LogP contribution < -0.4 is 4.72 Å². The Bertz CT molecular complexity index is 830. The van der Waals surface area contributed by atoms with Crippen LogP contribution in [0.1, 0.15) is 21.5 Å². The van der Waals surface area contributed by atoms with Gasteiger partial charge < -0.3 is 9.84 Å². The van der Waals surface area contributed by atoms with Crippen molar-refractivity contribution < 1.29 is 23.1 Å². The Hall–Kier alpha value is -2.38. The third-order valence-corrected chi connectivity index (χ3v) is 4.79. The number of methoxy groups -OCH3 is 1. The van der Waals surface area contributed by atoms with Gasteiger partial charge in [-0.3, -0.25) is 4.72 Å². The van der Waals surface area contributed by atoms with E-state index in [1.807, 2.05) is 0 Å². The Labute approximate surface area is 134 Å². The average Bonchev–Trinajstić information content (AvgIpc) is 2.49. The van der Waals surface area contributed by atoms with E-state index in [1.54, 1.807) is 31.2 Å². The minimum Gasteiger partial charge on any atom is -0.478 e. The van der Waals surface area contributed by atoms with E-state index in [2.05, 4.69) is 4.72 Å². The van der Waals surface area contributed by atoms with Gasteiger partial charge in [0.1, 0.15) is 0 Å². The highest BCUT2D eigenvalue weighted by molar-refractivity contribution is 7.92. The molecule has 23 heavy (non-hydrogen) atoms. The summed E-state index contributed by atoms with van der Waals surface area (Å²) >= 11 is 0. The number of carboxylic acid groups (broad SMARTS) is 1. The molecule has 0 aliphatic carbocycles. The van der Waals surface area contributed by atoms with Gasteiger partial charge in [0.15, 0.2) is 0 Å². The quantitative estimate of drug-likeness (QED) is 0.846. The highest BCUT2D eigenvalue weighted by Crippen LogP contribution is 2.23. The van der Waals surface area contributed by atoms with Gasteiger partial charge in [-0.1, -0.05) is 24.3 Å². The Morgan fingerprint density at radius 3 is 2.57 bits per heavy atom. The molecule has 2 aromatic carbocycles. The zero-order chi connectivity index (χ0) is 17.0. The van der Waals surface area contributed by atoms with Crippen LogP contribution in [0.2, 0.25) is 0 Å². The van der Waals surface area contributed by atoms with E-state index in [-0.39, 0.29) is 17.1 Å². The fourth-order valence-corrected chi connectivity index (χ4v) is 3.50. The van der Waals surface area contributed by atoms with Crippen molar-refractivity contribution >= 4 is 21.7 Å². The van der Waals surface area contributed by atoms with E-state index < -0.39 is 16.0 Å². The number of carboxylic acids is 1. The van der Waals surface area contributed by atoms with Crippen LogP contribution in [0, 0.1) is 6.92 Å². The molecule has 0 heterocycles. The van der Waals surface area contributed by atoms with Crippen molar-refractivity contribution in [1.82, 2.24) is 0 Å². The lowest BCUT2D eigenvalue weighted by Crippen LogP contribution is -2.16. The van der Waals surface area contributed by atoms with Gasteiger partial charge in [-0.15, -0.1) is 0 Å². The second-order valence-corrected chi connectivity index (χ2v) is 6.63. The number of nitrogens with one attached hydrogen (secondary N) is 1. The summed E-state index contributed by atoms with van der Waals surface area (Å²) < 4.78 is 32.8. The van der Waals surface area contributed by atoms with Crippen LogP contribution in [0.3, 0.4) is 0 Å². The number of aryl methyl sites for hydroxylation is 1.